The van der Waals surface area contributed by atoms with Gasteiger partial charge >= 0.3 is 0 Å². The molecule has 1 heterocycles. The maximum absolute atomic E-state index is 8.97. The minimum Gasteiger partial charge on any atom is -0.448 e. The van der Waals surface area contributed by atoms with E-state index in [0.29, 0.717) is 32.6 Å². The standard InChI is InChI=1S/C24H28Cl3N5O3/c1-32(14-17-8-4-2-5-9-17)20(16-33-15-18-10-6-3-7-11-18)21-13-12-19(30-31-29)22(34-21)35-23(28)24(25,26)27/h2-11,19-22,28H,12-16H2,1H3/t19?,20-,21?,22?/m0/s1. The van der Waals surface area contributed by atoms with Crippen LogP contribution in [0.3, 0.4) is 0 Å². The Kier molecular flexibility index (Phi) is 10.5. The zero-order valence-electron chi connectivity index (χ0n) is 19.3. The molecule has 0 spiro atoms. The minimum atomic E-state index is -2.06. The second-order valence-electron chi connectivity index (χ2n) is 8.31. The zero-order valence-corrected chi connectivity index (χ0v) is 21.5. The van der Waals surface area contributed by atoms with Gasteiger partial charge in [0, 0.05) is 11.5 Å². The number of likely N-dealkylation sites (N-methyl/N-ethyl adjacent to an activating group) is 1. The topological polar surface area (TPSA) is 104 Å². The van der Waals surface area contributed by atoms with Gasteiger partial charge in [-0.25, -0.2) is 0 Å². The largest absolute Gasteiger partial charge is 0.448 e. The Hall–Kier alpha value is -2.03. The Morgan fingerprint density at radius 2 is 1.77 bits per heavy atom. The first kappa shape index (κ1) is 27.6. The third kappa shape index (κ3) is 8.54. The number of azide groups is 1. The summed E-state index contributed by atoms with van der Waals surface area (Å²) in [6.45, 7) is 1.53. The molecule has 1 N–H and O–H groups in total. The number of alkyl halides is 3. The molecule has 1 aliphatic heterocycles. The number of nitrogens with zero attached hydrogens (tertiary/aromatic N) is 4. The number of hydrogen-bond donors (Lipinski definition) is 1. The molecular formula is C24H28Cl3N5O3. The lowest BCUT2D eigenvalue weighted by Crippen LogP contribution is -2.52. The van der Waals surface area contributed by atoms with E-state index < -0.39 is 22.0 Å². The Morgan fingerprint density at radius 3 is 2.37 bits per heavy atom. The number of hydrogen-bond acceptors (Lipinski definition) is 6. The van der Waals surface area contributed by atoms with Crippen LogP contribution in [0.2, 0.25) is 0 Å². The van der Waals surface area contributed by atoms with E-state index in [4.69, 9.17) is 60.0 Å². The fourth-order valence-electron chi connectivity index (χ4n) is 3.93. The summed E-state index contributed by atoms with van der Waals surface area (Å²) in [7, 11) is 2.01. The third-order valence-electron chi connectivity index (χ3n) is 5.73. The van der Waals surface area contributed by atoms with Crippen molar-refractivity contribution in [3.63, 3.8) is 0 Å². The van der Waals surface area contributed by atoms with Crippen LogP contribution in [0.1, 0.15) is 24.0 Å². The highest BCUT2D eigenvalue weighted by molar-refractivity contribution is 6.76. The normalized spacial score (nSPS) is 21.2. The Labute approximate surface area is 220 Å². The van der Waals surface area contributed by atoms with E-state index in [9.17, 15) is 0 Å². The number of halogens is 3. The molecule has 2 aromatic carbocycles. The molecule has 11 heteroatoms. The first-order valence-electron chi connectivity index (χ1n) is 11.2. The highest BCUT2D eigenvalue weighted by Gasteiger charge is 2.40. The van der Waals surface area contributed by atoms with Gasteiger partial charge < -0.3 is 14.2 Å². The van der Waals surface area contributed by atoms with Crippen LogP contribution in [0.25, 0.3) is 10.4 Å². The molecule has 1 fully saturated rings. The van der Waals surface area contributed by atoms with E-state index >= 15 is 0 Å². The molecule has 0 aliphatic carbocycles. The summed E-state index contributed by atoms with van der Waals surface area (Å²) in [6, 6.07) is 19.2. The average molecular weight is 541 g/mol. The van der Waals surface area contributed by atoms with Gasteiger partial charge in [0.05, 0.1) is 31.4 Å². The van der Waals surface area contributed by atoms with Gasteiger partial charge in [0.15, 0.2) is 0 Å². The lowest BCUT2D eigenvalue weighted by molar-refractivity contribution is -0.188. The van der Waals surface area contributed by atoms with Gasteiger partial charge in [0.1, 0.15) is 0 Å². The SMILES string of the molecule is CN(Cc1ccccc1)[C@@H](COCc1ccccc1)C1CCC(N=[N+]=[N-])C(OC(=N)C(Cl)(Cl)Cl)O1. The third-order valence-corrected chi connectivity index (χ3v) is 6.25. The zero-order chi connectivity index (χ0) is 25.3. The molecule has 0 bridgehead atoms. The molecule has 4 atom stereocenters. The lowest BCUT2D eigenvalue weighted by Gasteiger charge is -2.41. The van der Waals surface area contributed by atoms with Gasteiger partial charge in [-0.05, 0) is 36.5 Å². The minimum absolute atomic E-state index is 0.154. The van der Waals surface area contributed by atoms with Crippen molar-refractivity contribution in [1.82, 2.24) is 4.90 Å². The Morgan fingerprint density at radius 1 is 1.14 bits per heavy atom. The molecule has 0 saturated carbocycles. The maximum atomic E-state index is 8.97. The summed E-state index contributed by atoms with van der Waals surface area (Å²) in [5.41, 5.74) is 11.2. The predicted molar refractivity (Wildman–Crippen MR) is 138 cm³/mol. The highest BCUT2D eigenvalue weighted by Crippen LogP contribution is 2.32. The van der Waals surface area contributed by atoms with Crippen LogP contribution in [0.15, 0.2) is 65.8 Å². The van der Waals surface area contributed by atoms with E-state index in [1.54, 1.807) is 0 Å². The molecule has 2 aromatic rings. The predicted octanol–water partition coefficient (Wildman–Crippen LogP) is 6.25. The van der Waals surface area contributed by atoms with Crippen molar-refractivity contribution < 1.29 is 14.2 Å². The van der Waals surface area contributed by atoms with E-state index in [2.05, 4.69) is 27.1 Å². The van der Waals surface area contributed by atoms with E-state index in [-0.39, 0.29) is 12.1 Å². The number of nitrogens with one attached hydrogen (secondary N) is 1. The number of rotatable bonds is 10. The molecule has 1 saturated heterocycles. The molecular weight excluding hydrogens is 513 g/mol. The molecule has 3 unspecified atom stereocenters. The first-order chi connectivity index (χ1) is 16.8. The van der Waals surface area contributed by atoms with E-state index in [0.717, 1.165) is 11.1 Å². The van der Waals surface area contributed by atoms with Crippen LogP contribution < -0.4 is 0 Å². The number of ether oxygens (including phenoxy) is 3. The average Bonchev–Trinajstić information content (AvgIpc) is 2.84. The number of benzene rings is 2. The monoisotopic (exact) mass is 539 g/mol. The second kappa shape index (κ2) is 13.3. The van der Waals surface area contributed by atoms with E-state index in [1.165, 1.54) is 0 Å². The van der Waals surface area contributed by atoms with Crippen molar-refractivity contribution in [2.24, 2.45) is 5.11 Å². The van der Waals surface area contributed by atoms with Gasteiger partial charge in [0.2, 0.25) is 12.2 Å². The van der Waals surface area contributed by atoms with Gasteiger partial charge in [-0.2, -0.15) is 0 Å². The van der Waals surface area contributed by atoms with Crippen molar-refractivity contribution in [2.75, 3.05) is 13.7 Å². The van der Waals surface area contributed by atoms with Crippen LogP contribution in [0.5, 0.6) is 0 Å². The fourth-order valence-corrected chi connectivity index (χ4v) is 4.07. The summed E-state index contributed by atoms with van der Waals surface area (Å²) in [4.78, 5) is 5.05. The van der Waals surface area contributed by atoms with Gasteiger partial charge in [-0.3, -0.25) is 10.3 Å². The van der Waals surface area contributed by atoms with Crippen LogP contribution in [-0.4, -0.2) is 52.7 Å². The van der Waals surface area contributed by atoms with Crippen molar-refractivity contribution in [3.05, 3.63) is 82.2 Å². The van der Waals surface area contributed by atoms with Crippen LogP contribution in [0.4, 0.5) is 0 Å². The van der Waals surface area contributed by atoms with E-state index in [1.807, 2.05) is 55.6 Å². The van der Waals surface area contributed by atoms with Crippen molar-refractivity contribution in [1.29, 1.82) is 5.41 Å². The van der Waals surface area contributed by atoms with Crippen molar-refractivity contribution >= 4 is 40.7 Å². The summed E-state index contributed by atoms with van der Waals surface area (Å²) in [5.74, 6) is -0.596. The summed E-state index contributed by atoms with van der Waals surface area (Å²) >= 11 is 17.4. The molecule has 35 heavy (non-hydrogen) atoms. The Balaban J connectivity index is 1.75. The van der Waals surface area contributed by atoms with Crippen molar-refractivity contribution in [2.45, 2.75) is 54.3 Å². The highest BCUT2D eigenvalue weighted by atomic mass is 35.6. The molecule has 0 radical (unpaired) electrons. The molecule has 8 nitrogen and oxygen atoms in total. The van der Waals surface area contributed by atoms with Gasteiger partial charge in [0.25, 0.3) is 3.79 Å². The summed E-state index contributed by atoms with van der Waals surface area (Å²) < 4.78 is 15.8. The molecule has 188 valence electrons. The van der Waals surface area contributed by atoms with Crippen molar-refractivity contribution in [3.8, 4) is 0 Å². The lowest BCUT2D eigenvalue weighted by atomic mass is 9.97. The summed E-state index contributed by atoms with van der Waals surface area (Å²) in [6.07, 6.45) is -0.309. The van der Waals surface area contributed by atoms with Gasteiger partial charge in [-0.1, -0.05) is 101 Å². The second-order valence-corrected chi connectivity index (χ2v) is 10.6. The molecule has 0 amide bonds. The van der Waals surface area contributed by atoms with Gasteiger partial charge in [-0.15, -0.1) is 0 Å². The summed E-state index contributed by atoms with van der Waals surface area (Å²) in [5, 5.41) is 11.7. The fraction of sp³-hybridized carbons (Fsp3) is 0.458. The molecule has 3 rings (SSSR count). The molecule has 1 aliphatic rings. The maximum Gasteiger partial charge on any atom is 0.265 e. The smallest absolute Gasteiger partial charge is 0.265 e. The van der Waals surface area contributed by atoms with Crippen LogP contribution >= 0.6 is 34.8 Å². The first-order valence-corrected chi connectivity index (χ1v) is 12.3. The Bertz CT molecular complexity index is 987. The quantitative estimate of drug-likeness (QED) is 0.0960. The molecule has 0 aromatic heterocycles. The van der Waals surface area contributed by atoms with Crippen LogP contribution in [0, 0.1) is 5.41 Å². The van der Waals surface area contributed by atoms with Crippen LogP contribution in [-0.2, 0) is 27.4 Å².